The van der Waals surface area contributed by atoms with E-state index in [1.807, 2.05) is 47.4 Å². The smallest absolute Gasteiger partial charge is 0.254 e. The number of fused-ring (bicyclic) bond motifs is 1. The molecule has 102 valence electrons. The van der Waals surface area contributed by atoms with Gasteiger partial charge in [0.1, 0.15) is 12.4 Å². The van der Waals surface area contributed by atoms with Crippen molar-refractivity contribution in [3.8, 4) is 5.75 Å². The van der Waals surface area contributed by atoms with Crippen molar-refractivity contribution in [1.82, 2.24) is 4.90 Å². The Hall–Kier alpha value is -1.94. The molecule has 0 spiro atoms. The molecule has 0 saturated carbocycles. The maximum Gasteiger partial charge on any atom is 0.254 e. The Morgan fingerprint density at radius 1 is 1.15 bits per heavy atom. The lowest BCUT2D eigenvalue weighted by atomic mass is 10.1. The lowest BCUT2D eigenvalue weighted by molar-refractivity contribution is 0.0733. The summed E-state index contributed by atoms with van der Waals surface area (Å²) in [6, 6.07) is 15.2. The molecule has 0 atom stereocenters. The minimum atomic E-state index is 0.0150. The van der Waals surface area contributed by atoms with Crippen molar-refractivity contribution in [3.05, 3.63) is 59.7 Å². The number of ether oxygens (including phenoxy) is 1. The molecule has 0 bridgehead atoms. The van der Waals surface area contributed by atoms with Crippen LogP contribution in [0.4, 0.5) is 0 Å². The summed E-state index contributed by atoms with van der Waals surface area (Å²) < 4.78 is 5.68. The van der Waals surface area contributed by atoms with Crippen LogP contribution in [0.1, 0.15) is 15.9 Å². The van der Waals surface area contributed by atoms with Gasteiger partial charge < -0.3 is 9.64 Å². The van der Waals surface area contributed by atoms with Crippen molar-refractivity contribution in [1.29, 1.82) is 0 Å². The van der Waals surface area contributed by atoms with Crippen molar-refractivity contribution in [2.45, 2.75) is 11.4 Å². The van der Waals surface area contributed by atoms with E-state index >= 15 is 0 Å². The number of nitrogens with zero attached hydrogens (tertiary/aromatic N) is 1. The highest BCUT2D eigenvalue weighted by atomic mass is 32.1. The molecule has 4 heteroatoms. The zero-order chi connectivity index (χ0) is 13.9. The van der Waals surface area contributed by atoms with E-state index in [0.29, 0.717) is 25.3 Å². The molecule has 0 N–H and O–H groups in total. The Morgan fingerprint density at radius 3 is 2.85 bits per heavy atom. The predicted molar refractivity (Wildman–Crippen MR) is 80.4 cm³/mol. The fourth-order valence-electron chi connectivity index (χ4n) is 2.32. The standard InChI is InChI=1S/C16H15NO2S/c18-16(12-5-3-6-14(20)10-12)17-8-9-19-15-7-2-1-4-13(15)11-17/h1-7,10,20H,8-9,11H2. The quantitative estimate of drug-likeness (QED) is 0.816. The first-order chi connectivity index (χ1) is 9.74. The number of amides is 1. The summed E-state index contributed by atoms with van der Waals surface area (Å²) >= 11 is 4.28. The Kier molecular flexibility index (Phi) is 3.65. The van der Waals surface area contributed by atoms with Crippen LogP contribution < -0.4 is 4.74 Å². The Bertz CT molecular complexity index is 642. The molecule has 1 amide bonds. The Morgan fingerprint density at radius 2 is 2.00 bits per heavy atom. The molecule has 2 aromatic carbocycles. The SMILES string of the molecule is O=C(c1cccc(S)c1)N1CCOc2ccccc2C1. The minimum absolute atomic E-state index is 0.0150. The molecule has 0 saturated heterocycles. The van der Waals surface area contributed by atoms with E-state index in [4.69, 9.17) is 4.74 Å². The Balaban J connectivity index is 1.86. The summed E-state index contributed by atoms with van der Waals surface area (Å²) in [6.07, 6.45) is 0. The van der Waals surface area contributed by atoms with Crippen molar-refractivity contribution in [2.75, 3.05) is 13.2 Å². The van der Waals surface area contributed by atoms with E-state index in [1.54, 1.807) is 6.07 Å². The molecule has 0 aromatic heterocycles. The maximum absolute atomic E-state index is 12.6. The fourth-order valence-corrected chi connectivity index (χ4v) is 2.55. The van der Waals surface area contributed by atoms with Crippen molar-refractivity contribution < 1.29 is 9.53 Å². The summed E-state index contributed by atoms with van der Waals surface area (Å²) in [6.45, 7) is 1.68. The summed E-state index contributed by atoms with van der Waals surface area (Å²) in [5.41, 5.74) is 1.71. The highest BCUT2D eigenvalue weighted by molar-refractivity contribution is 7.80. The third-order valence-corrected chi connectivity index (χ3v) is 3.61. The number of thiol groups is 1. The van der Waals surface area contributed by atoms with E-state index in [2.05, 4.69) is 12.6 Å². The summed E-state index contributed by atoms with van der Waals surface area (Å²) in [7, 11) is 0. The first-order valence-electron chi connectivity index (χ1n) is 6.53. The molecule has 1 aliphatic heterocycles. The highest BCUT2D eigenvalue weighted by Crippen LogP contribution is 2.23. The zero-order valence-electron chi connectivity index (χ0n) is 11.0. The molecule has 0 unspecified atom stereocenters. The average molecular weight is 285 g/mol. The van der Waals surface area contributed by atoms with Gasteiger partial charge in [0, 0.05) is 22.6 Å². The summed E-state index contributed by atoms with van der Waals surface area (Å²) in [4.78, 5) is 15.2. The van der Waals surface area contributed by atoms with Gasteiger partial charge in [-0.3, -0.25) is 4.79 Å². The second-order valence-electron chi connectivity index (χ2n) is 4.73. The monoisotopic (exact) mass is 285 g/mol. The maximum atomic E-state index is 12.6. The lowest BCUT2D eigenvalue weighted by Crippen LogP contribution is -2.32. The van der Waals surface area contributed by atoms with E-state index in [-0.39, 0.29) is 5.91 Å². The van der Waals surface area contributed by atoms with E-state index in [9.17, 15) is 4.79 Å². The molecule has 0 aliphatic carbocycles. The molecule has 0 fully saturated rings. The van der Waals surface area contributed by atoms with Gasteiger partial charge in [0.25, 0.3) is 5.91 Å². The molecular weight excluding hydrogens is 270 g/mol. The van der Waals surface area contributed by atoms with Gasteiger partial charge in [-0.1, -0.05) is 24.3 Å². The number of hydrogen-bond acceptors (Lipinski definition) is 3. The van der Waals surface area contributed by atoms with Gasteiger partial charge in [-0.2, -0.15) is 0 Å². The van der Waals surface area contributed by atoms with Crippen LogP contribution >= 0.6 is 12.6 Å². The molecule has 3 nitrogen and oxygen atoms in total. The van der Waals surface area contributed by atoms with Crippen LogP contribution in [-0.2, 0) is 6.54 Å². The van der Waals surface area contributed by atoms with Crippen LogP contribution in [0.5, 0.6) is 5.75 Å². The molecule has 0 radical (unpaired) electrons. The number of para-hydroxylation sites is 1. The van der Waals surface area contributed by atoms with Crippen molar-refractivity contribution >= 4 is 18.5 Å². The van der Waals surface area contributed by atoms with Gasteiger partial charge in [0.15, 0.2) is 0 Å². The van der Waals surface area contributed by atoms with Crippen LogP contribution in [-0.4, -0.2) is 24.0 Å². The second kappa shape index (κ2) is 5.59. The third kappa shape index (κ3) is 2.65. The number of hydrogen-bond donors (Lipinski definition) is 1. The van der Waals surface area contributed by atoms with Crippen LogP contribution in [0.25, 0.3) is 0 Å². The van der Waals surface area contributed by atoms with Crippen LogP contribution in [0.2, 0.25) is 0 Å². The molecule has 20 heavy (non-hydrogen) atoms. The summed E-state index contributed by atoms with van der Waals surface area (Å²) in [5.74, 6) is 0.881. The zero-order valence-corrected chi connectivity index (χ0v) is 11.8. The van der Waals surface area contributed by atoms with Gasteiger partial charge in [-0.15, -0.1) is 12.6 Å². The van der Waals surface area contributed by atoms with Crippen LogP contribution in [0.15, 0.2) is 53.4 Å². The van der Waals surface area contributed by atoms with E-state index < -0.39 is 0 Å². The summed E-state index contributed by atoms with van der Waals surface area (Å²) in [5, 5.41) is 0. The highest BCUT2D eigenvalue weighted by Gasteiger charge is 2.20. The lowest BCUT2D eigenvalue weighted by Gasteiger charge is -2.20. The van der Waals surface area contributed by atoms with Gasteiger partial charge in [0.2, 0.25) is 0 Å². The number of benzene rings is 2. The fraction of sp³-hybridized carbons (Fsp3) is 0.188. The van der Waals surface area contributed by atoms with E-state index in [1.165, 1.54) is 0 Å². The van der Waals surface area contributed by atoms with Crippen LogP contribution in [0, 0.1) is 0 Å². The predicted octanol–water partition coefficient (Wildman–Crippen LogP) is 3.01. The normalized spacial score (nSPS) is 14.2. The number of carbonyl (C=O) groups is 1. The van der Waals surface area contributed by atoms with E-state index in [0.717, 1.165) is 16.2 Å². The van der Waals surface area contributed by atoms with Crippen molar-refractivity contribution in [2.24, 2.45) is 0 Å². The topological polar surface area (TPSA) is 29.5 Å². The molecule has 3 rings (SSSR count). The van der Waals surface area contributed by atoms with Gasteiger partial charge in [-0.25, -0.2) is 0 Å². The first-order valence-corrected chi connectivity index (χ1v) is 6.98. The second-order valence-corrected chi connectivity index (χ2v) is 5.25. The van der Waals surface area contributed by atoms with Crippen LogP contribution in [0.3, 0.4) is 0 Å². The third-order valence-electron chi connectivity index (χ3n) is 3.33. The van der Waals surface area contributed by atoms with Crippen molar-refractivity contribution in [3.63, 3.8) is 0 Å². The van der Waals surface area contributed by atoms with Gasteiger partial charge >= 0.3 is 0 Å². The average Bonchev–Trinajstić information content (AvgIpc) is 2.68. The van der Waals surface area contributed by atoms with Gasteiger partial charge in [-0.05, 0) is 24.3 Å². The number of carbonyl (C=O) groups excluding carboxylic acids is 1. The Labute approximate surface area is 123 Å². The molecule has 1 aliphatic rings. The molecular formula is C16H15NO2S. The largest absolute Gasteiger partial charge is 0.491 e. The minimum Gasteiger partial charge on any atom is -0.491 e. The molecule has 1 heterocycles. The molecule has 2 aromatic rings. The first kappa shape index (κ1) is 13.1. The number of rotatable bonds is 1. The van der Waals surface area contributed by atoms with Gasteiger partial charge in [0.05, 0.1) is 6.54 Å².